The topological polar surface area (TPSA) is 34.1 Å². The highest BCUT2D eigenvalue weighted by molar-refractivity contribution is 7.98. The third kappa shape index (κ3) is 3.55. The molecule has 0 radical (unpaired) electrons. The summed E-state index contributed by atoms with van der Waals surface area (Å²) < 4.78 is 5.71. The van der Waals surface area contributed by atoms with Crippen molar-refractivity contribution in [3.8, 4) is 5.88 Å². The van der Waals surface area contributed by atoms with E-state index in [1.165, 1.54) is 4.90 Å². The van der Waals surface area contributed by atoms with Gasteiger partial charge < -0.3 is 10.1 Å². The highest BCUT2D eigenvalue weighted by atomic mass is 35.5. The van der Waals surface area contributed by atoms with Gasteiger partial charge in [0.2, 0.25) is 5.88 Å². The van der Waals surface area contributed by atoms with Crippen molar-refractivity contribution in [2.45, 2.75) is 11.5 Å². The summed E-state index contributed by atoms with van der Waals surface area (Å²) in [5.41, 5.74) is 2.19. The molecule has 0 saturated carbocycles. The van der Waals surface area contributed by atoms with Crippen LogP contribution in [0.3, 0.4) is 0 Å². The molecule has 0 spiro atoms. The zero-order valence-electron chi connectivity index (χ0n) is 10.8. The Morgan fingerprint density at radius 3 is 2.89 bits per heavy atom. The first kappa shape index (κ1) is 14.0. The number of nitrogens with zero attached hydrogens (tertiary/aromatic N) is 1. The van der Waals surface area contributed by atoms with E-state index < -0.39 is 0 Å². The fourth-order valence-corrected chi connectivity index (χ4v) is 2.53. The Balaban J connectivity index is 2.19. The van der Waals surface area contributed by atoms with E-state index in [1.54, 1.807) is 30.1 Å². The number of rotatable bonds is 5. The Morgan fingerprint density at radius 2 is 2.21 bits per heavy atom. The third-order valence-electron chi connectivity index (χ3n) is 2.68. The molecule has 0 aliphatic carbocycles. The summed E-state index contributed by atoms with van der Waals surface area (Å²) in [6, 6.07) is 9.57. The van der Waals surface area contributed by atoms with E-state index in [2.05, 4.69) is 22.6 Å². The zero-order chi connectivity index (χ0) is 13.7. The van der Waals surface area contributed by atoms with Gasteiger partial charge in [0.05, 0.1) is 0 Å². The largest absolute Gasteiger partial charge is 0.473 e. The van der Waals surface area contributed by atoms with Crippen LogP contribution >= 0.6 is 23.4 Å². The Hall–Kier alpha value is -1.39. The van der Waals surface area contributed by atoms with E-state index in [-0.39, 0.29) is 0 Å². The predicted octanol–water partition coefficient (Wildman–Crippen LogP) is 4.08. The van der Waals surface area contributed by atoms with Gasteiger partial charge in [-0.25, -0.2) is 4.98 Å². The van der Waals surface area contributed by atoms with E-state index in [0.717, 1.165) is 11.3 Å². The van der Waals surface area contributed by atoms with Crippen LogP contribution < -0.4 is 10.1 Å². The van der Waals surface area contributed by atoms with E-state index in [4.69, 9.17) is 16.3 Å². The van der Waals surface area contributed by atoms with Crippen LogP contribution in [-0.4, -0.2) is 18.3 Å². The van der Waals surface area contributed by atoms with Gasteiger partial charge in [-0.2, -0.15) is 0 Å². The van der Waals surface area contributed by atoms with Crippen LogP contribution in [0.25, 0.3) is 0 Å². The van der Waals surface area contributed by atoms with Crippen LogP contribution in [0.2, 0.25) is 5.02 Å². The monoisotopic (exact) mass is 294 g/mol. The van der Waals surface area contributed by atoms with Crippen LogP contribution in [0.15, 0.2) is 41.4 Å². The Labute approximate surface area is 122 Å². The number of aromatic nitrogens is 1. The van der Waals surface area contributed by atoms with E-state index >= 15 is 0 Å². The maximum atomic E-state index is 5.91. The van der Waals surface area contributed by atoms with Crippen molar-refractivity contribution in [3.05, 3.63) is 47.1 Å². The molecule has 100 valence electrons. The Kier molecular flexibility index (Phi) is 4.93. The van der Waals surface area contributed by atoms with Gasteiger partial charge in [0.25, 0.3) is 0 Å². The Morgan fingerprint density at radius 1 is 1.37 bits per heavy atom. The number of hydrogen-bond acceptors (Lipinski definition) is 4. The van der Waals surface area contributed by atoms with Crippen LogP contribution in [-0.2, 0) is 6.61 Å². The molecule has 0 amide bonds. The lowest BCUT2D eigenvalue weighted by Gasteiger charge is -2.13. The summed E-state index contributed by atoms with van der Waals surface area (Å²) in [6.07, 6.45) is 3.69. The second-order valence-corrected chi connectivity index (χ2v) is 5.12. The first-order valence-electron chi connectivity index (χ1n) is 5.82. The molecule has 0 saturated heterocycles. The lowest BCUT2D eigenvalue weighted by molar-refractivity contribution is 0.292. The molecule has 0 fully saturated rings. The van der Waals surface area contributed by atoms with Crippen molar-refractivity contribution in [2.75, 3.05) is 18.6 Å². The number of pyridine rings is 1. The maximum Gasteiger partial charge on any atom is 0.215 e. The molecule has 2 rings (SSSR count). The second kappa shape index (κ2) is 6.68. The lowest BCUT2D eigenvalue weighted by Crippen LogP contribution is -2.03. The average molecular weight is 295 g/mol. The van der Waals surface area contributed by atoms with Gasteiger partial charge in [-0.15, -0.1) is 11.8 Å². The highest BCUT2D eigenvalue weighted by Crippen LogP contribution is 2.28. The minimum atomic E-state index is 0.459. The molecule has 0 unspecified atom stereocenters. The fraction of sp³-hybridized carbons (Fsp3) is 0.214. The number of benzene rings is 1. The molecule has 19 heavy (non-hydrogen) atoms. The van der Waals surface area contributed by atoms with Crippen molar-refractivity contribution in [2.24, 2.45) is 0 Å². The predicted molar refractivity (Wildman–Crippen MR) is 81.3 cm³/mol. The van der Waals surface area contributed by atoms with Crippen molar-refractivity contribution < 1.29 is 4.74 Å². The first-order valence-corrected chi connectivity index (χ1v) is 7.43. The van der Waals surface area contributed by atoms with Crippen molar-refractivity contribution in [1.82, 2.24) is 4.98 Å². The van der Waals surface area contributed by atoms with Gasteiger partial charge in [0.15, 0.2) is 0 Å². The van der Waals surface area contributed by atoms with E-state index in [1.807, 2.05) is 19.2 Å². The summed E-state index contributed by atoms with van der Waals surface area (Å²) >= 11 is 7.60. The van der Waals surface area contributed by atoms with Gasteiger partial charge in [-0.1, -0.05) is 17.7 Å². The van der Waals surface area contributed by atoms with Gasteiger partial charge in [0, 0.05) is 40.5 Å². The van der Waals surface area contributed by atoms with Crippen LogP contribution in [0, 0.1) is 0 Å². The molecule has 0 atom stereocenters. The molecule has 2 aromatic rings. The number of anilines is 1. The molecule has 3 nitrogen and oxygen atoms in total. The standard InChI is InChI=1S/C14H15ClN2OS/c1-16-12-4-3-5-13(19-2)11(12)9-18-14-8-10(15)6-7-17-14/h3-8,16H,9H2,1-2H3. The second-order valence-electron chi connectivity index (χ2n) is 3.84. The van der Waals surface area contributed by atoms with Gasteiger partial charge in [0.1, 0.15) is 6.61 Å². The normalized spacial score (nSPS) is 10.3. The highest BCUT2D eigenvalue weighted by Gasteiger charge is 2.08. The molecule has 1 aromatic carbocycles. The molecular weight excluding hydrogens is 280 g/mol. The van der Waals surface area contributed by atoms with Crippen LogP contribution in [0.1, 0.15) is 5.56 Å². The number of hydrogen-bond donors (Lipinski definition) is 1. The minimum absolute atomic E-state index is 0.459. The molecule has 5 heteroatoms. The summed E-state index contributed by atoms with van der Waals surface area (Å²) in [5, 5.41) is 3.80. The number of ether oxygens (including phenoxy) is 1. The van der Waals surface area contributed by atoms with Crippen molar-refractivity contribution >= 4 is 29.1 Å². The smallest absolute Gasteiger partial charge is 0.215 e. The SMILES string of the molecule is CNc1cccc(SC)c1COc1cc(Cl)ccn1. The lowest BCUT2D eigenvalue weighted by atomic mass is 10.2. The molecule has 1 heterocycles. The summed E-state index contributed by atoms with van der Waals surface area (Å²) in [4.78, 5) is 5.32. The zero-order valence-corrected chi connectivity index (χ0v) is 12.4. The maximum absolute atomic E-state index is 5.91. The molecule has 1 aromatic heterocycles. The molecule has 0 aliphatic rings. The number of halogens is 1. The van der Waals surface area contributed by atoms with E-state index in [9.17, 15) is 0 Å². The van der Waals surface area contributed by atoms with Crippen molar-refractivity contribution in [1.29, 1.82) is 0 Å². The molecule has 0 aliphatic heterocycles. The summed E-state index contributed by atoms with van der Waals surface area (Å²) in [5.74, 6) is 0.533. The molecular formula is C14H15ClN2OS. The molecule has 1 N–H and O–H groups in total. The molecule has 0 bridgehead atoms. The first-order chi connectivity index (χ1) is 9.24. The van der Waals surface area contributed by atoms with E-state index in [0.29, 0.717) is 17.5 Å². The number of thioether (sulfide) groups is 1. The fourth-order valence-electron chi connectivity index (χ4n) is 1.75. The average Bonchev–Trinajstić information content (AvgIpc) is 2.44. The third-order valence-corrected chi connectivity index (χ3v) is 3.74. The van der Waals surface area contributed by atoms with Gasteiger partial charge >= 0.3 is 0 Å². The van der Waals surface area contributed by atoms with Gasteiger partial charge in [-0.3, -0.25) is 0 Å². The summed E-state index contributed by atoms with van der Waals surface area (Å²) in [7, 11) is 1.90. The van der Waals surface area contributed by atoms with Crippen LogP contribution in [0.5, 0.6) is 5.88 Å². The van der Waals surface area contributed by atoms with Crippen molar-refractivity contribution in [3.63, 3.8) is 0 Å². The Bertz CT molecular complexity index is 541. The quantitative estimate of drug-likeness (QED) is 0.843. The number of nitrogens with one attached hydrogen (secondary N) is 1. The van der Waals surface area contributed by atoms with Gasteiger partial charge in [-0.05, 0) is 24.5 Å². The summed E-state index contributed by atoms with van der Waals surface area (Å²) in [6.45, 7) is 0.459. The van der Waals surface area contributed by atoms with Crippen LogP contribution in [0.4, 0.5) is 5.69 Å². The minimum Gasteiger partial charge on any atom is -0.473 e.